The van der Waals surface area contributed by atoms with E-state index in [1.165, 1.54) is 44.2 Å². The number of nitrogens with zero attached hydrogens (tertiary/aromatic N) is 3. The van der Waals surface area contributed by atoms with E-state index in [1.807, 2.05) is 36.5 Å². The zero-order chi connectivity index (χ0) is 38.8. The molecule has 56 heavy (non-hydrogen) atoms. The molecular formula is C51H50IrN3O-. The standard InChI is InChI=1S/C31H30N2O.C20H20N.Ir/c1-20(2)25-18-23(22-12-6-5-7-13-22)19-26(21(3)4)30(25)33-28-16-10-9-15-27(28)32-31(33)24-14-8-11-17-29(24)34;1-13(2)17-6-5-7-19-18(17)8-9-21-20(19)16-11-14(3)10-15(4)12-16;/h5-21,34H,1-4H3;5-11,13H,1-4H3;/q;-1;. The molecule has 0 bridgehead atoms. The Morgan fingerprint density at radius 3 is 1.91 bits per heavy atom. The number of pyridine rings is 1. The van der Waals surface area contributed by atoms with Crippen LogP contribution in [0.15, 0.2) is 134 Å². The van der Waals surface area contributed by atoms with Gasteiger partial charge in [-0.25, -0.2) is 4.98 Å². The van der Waals surface area contributed by atoms with Gasteiger partial charge in [-0.05, 0) is 105 Å². The topological polar surface area (TPSA) is 50.9 Å². The van der Waals surface area contributed by atoms with Crippen LogP contribution in [0.3, 0.4) is 0 Å². The SMILES string of the molecule is CC(C)c1cc(-c2ccccc2)cc(C(C)C)c1-n1c(-c2ccccc2O)nc2ccccc21.Cc1[c-]c(-c2nccc3c(C(C)C)cccc23)cc(C)c1.[Ir]. The van der Waals surface area contributed by atoms with Crippen molar-refractivity contribution < 1.29 is 25.2 Å². The molecule has 5 heteroatoms. The smallest absolute Gasteiger partial charge is 0.149 e. The van der Waals surface area contributed by atoms with Crippen LogP contribution in [-0.4, -0.2) is 19.6 Å². The van der Waals surface area contributed by atoms with Crippen molar-refractivity contribution in [2.75, 3.05) is 0 Å². The number of hydrogen-bond acceptors (Lipinski definition) is 3. The zero-order valence-electron chi connectivity index (χ0n) is 33.6. The number of phenols is 1. The Morgan fingerprint density at radius 2 is 1.25 bits per heavy atom. The molecule has 0 fully saturated rings. The van der Waals surface area contributed by atoms with Crippen molar-refractivity contribution in [3.05, 3.63) is 167 Å². The molecule has 0 amide bonds. The monoisotopic (exact) mass is 913 g/mol. The van der Waals surface area contributed by atoms with E-state index in [0.29, 0.717) is 17.8 Å². The minimum Gasteiger partial charge on any atom is -0.507 e. The van der Waals surface area contributed by atoms with E-state index in [1.54, 1.807) is 6.07 Å². The summed E-state index contributed by atoms with van der Waals surface area (Å²) in [6.45, 7) is 17.7. The second-order valence-electron chi connectivity index (χ2n) is 15.5. The van der Waals surface area contributed by atoms with Gasteiger partial charge in [-0.2, -0.15) is 0 Å². The Kier molecular flexibility index (Phi) is 12.4. The van der Waals surface area contributed by atoms with Crippen LogP contribution in [0, 0.1) is 19.9 Å². The van der Waals surface area contributed by atoms with Gasteiger partial charge in [0.15, 0.2) is 0 Å². The predicted octanol–water partition coefficient (Wildman–Crippen LogP) is 13.8. The van der Waals surface area contributed by atoms with Gasteiger partial charge in [0, 0.05) is 26.3 Å². The molecule has 0 aliphatic heterocycles. The average molecular weight is 913 g/mol. The molecule has 0 unspecified atom stereocenters. The molecule has 8 rings (SSSR count). The third-order valence-corrected chi connectivity index (χ3v) is 10.3. The summed E-state index contributed by atoms with van der Waals surface area (Å²) in [5, 5.41) is 13.3. The molecule has 4 nitrogen and oxygen atoms in total. The number of aromatic nitrogens is 3. The number of fused-ring (bicyclic) bond motifs is 2. The molecule has 0 aliphatic carbocycles. The van der Waals surface area contributed by atoms with E-state index in [0.717, 1.165) is 44.9 Å². The largest absolute Gasteiger partial charge is 0.507 e. The number of aromatic hydroxyl groups is 1. The first-order valence-corrected chi connectivity index (χ1v) is 19.4. The van der Waals surface area contributed by atoms with Gasteiger partial charge in [0.1, 0.15) is 11.6 Å². The second kappa shape index (κ2) is 17.2. The van der Waals surface area contributed by atoms with Crippen LogP contribution in [0.4, 0.5) is 0 Å². The maximum atomic E-state index is 10.8. The first-order chi connectivity index (χ1) is 26.5. The van der Waals surface area contributed by atoms with E-state index < -0.39 is 0 Å². The minimum atomic E-state index is 0. The predicted molar refractivity (Wildman–Crippen MR) is 231 cm³/mol. The molecule has 0 saturated heterocycles. The van der Waals surface area contributed by atoms with Crippen molar-refractivity contribution >= 4 is 21.8 Å². The van der Waals surface area contributed by atoms with Crippen molar-refractivity contribution in [1.82, 2.24) is 14.5 Å². The summed E-state index contributed by atoms with van der Waals surface area (Å²) in [5.74, 6) is 2.10. The Bertz CT molecular complexity index is 2570. The summed E-state index contributed by atoms with van der Waals surface area (Å²) in [7, 11) is 0. The van der Waals surface area contributed by atoms with Gasteiger partial charge in [-0.3, -0.25) is 4.57 Å². The van der Waals surface area contributed by atoms with Gasteiger partial charge in [0.05, 0.1) is 22.3 Å². The molecule has 0 spiro atoms. The first kappa shape index (κ1) is 40.3. The van der Waals surface area contributed by atoms with Crippen LogP contribution in [0.2, 0.25) is 0 Å². The van der Waals surface area contributed by atoms with Gasteiger partial charge < -0.3 is 10.1 Å². The number of hydrogen-bond donors (Lipinski definition) is 1. The normalized spacial score (nSPS) is 11.3. The summed E-state index contributed by atoms with van der Waals surface area (Å²) >= 11 is 0. The molecule has 8 aromatic rings. The van der Waals surface area contributed by atoms with Crippen LogP contribution in [0.25, 0.3) is 61.3 Å². The third-order valence-electron chi connectivity index (χ3n) is 10.3. The minimum absolute atomic E-state index is 0. The zero-order valence-corrected chi connectivity index (χ0v) is 36.0. The van der Waals surface area contributed by atoms with Crippen molar-refractivity contribution in [1.29, 1.82) is 0 Å². The van der Waals surface area contributed by atoms with Crippen LogP contribution in [0.5, 0.6) is 5.75 Å². The van der Waals surface area contributed by atoms with E-state index >= 15 is 0 Å². The summed E-state index contributed by atoms with van der Waals surface area (Å²) in [6, 6.07) is 47.3. The van der Waals surface area contributed by atoms with Crippen molar-refractivity contribution in [2.45, 2.75) is 73.1 Å². The number of rotatable bonds is 7. The van der Waals surface area contributed by atoms with Gasteiger partial charge in [0.25, 0.3) is 0 Å². The maximum Gasteiger partial charge on any atom is 0.149 e. The van der Waals surface area contributed by atoms with Crippen molar-refractivity contribution in [3.63, 3.8) is 0 Å². The summed E-state index contributed by atoms with van der Waals surface area (Å²) in [4.78, 5) is 9.63. The molecule has 6 aromatic carbocycles. The molecular weight excluding hydrogens is 863 g/mol. The number of para-hydroxylation sites is 3. The Balaban J connectivity index is 0.000000208. The van der Waals surface area contributed by atoms with E-state index in [2.05, 4.69) is 162 Å². The average Bonchev–Trinajstić information content (AvgIpc) is 3.56. The summed E-state index contributed by atoms with van der Waals surface area (Å²) < 4.78 is 2.25. The van der Waals surface area contributed by atoms with Gasteiger partial charge in [0.2, 0.25) is 0 Å². The van der Waals surface area contributed by atoms with Crippen molar-refractivity contribution in [3.8, 4) is 45.2 Å². The molecule has 0 saturated carbocycles. The van der Waals surface area contributed by atoms with Crippen LogP contribution >= 0.6 is 0 Å². The molecule has 1 N–H and O–H groups in total. The number of aryl methyl sites for hydroxylation is 2. The third kappa shape index (κ3) is 8.12. The Morgan fingerprint density at radius 1 is 0.607 bits per heavy atom. The molecule has 1 radical (unpaired) electrons. The fraction of sp³-hybridized carbons (Fsp3) is 0.216. The van der Waals surface area contributed by atoms with E-state index in [-0.39, 0.29) is 25.9 Å². The van der Waals surface area contributed by atoms with Gasteiger partial charge in [-0.15, -0.1) is 34.9 Å². The second-order valence-corrected chi connectivity index (χ2v) is 15.5. The Labute approximate surface area is 345 Å². The van der Waals surface area contributed by atoms with Crippen molar-refractivity contribution in [2.24, 2.45) is 0 Å². The number of benzene rings is 6. The fourth-order valence-electron chi connectivity index (χ4n) is 7.68. The number of phenolic OH excluding ortho intramolecular Hbond substituents is 1. The van der Waals surface area contributed by atoms with Crippen LogP contribution in [-0.2, 0) is 20.1 Å². The molecule has 285 valence electrons. The molecule has 0 aliphatic rings. The van der Waals surface area contributed by atoms with Crippen LogP contribution < -0.4 is 0 Å². The van der Waals surface area contributed by atoms with Crippen LogP contribution in [0.1, 0.15) is 87.1 Å². The van der Waals surface area contributed by atoms with E-state index in [4.69, 9.17) is 4.98 Å². The maximum absolute atomic E-state index is 10.8. The molecule has 2 heterocycles. The summed E-state index contributed by atoms with van der Waals surface area (Å²) in [5.41, 5.74) is 14.7. The van der Waals surface area contributed by atoms with Gasteiger partial charge in [-0.1, -0.05) is 128 Å². The summed E-state index contributed by atoms with van der Waals surface area (Å²) in [6.07, 6.45) is 1.91. The fourth-order valence-corrected chi connectivity index (χ4v) is 7.68. The quantitative estimate of drug-likeness (QED) is 0.162. The molecule has 2 aromatic heterocycles. The first-order valence-electron chi connectivity index (χ1n) is 19.4. The number of imidazole rings is 1. The molecule has 0 atom stereocenters. The Hall–Kier alpha value is -5.35. The van der Waals surface area contributed by atoms with Gasteiger partial charge >= 0.3 is 0 Å². The van der Waals surface area contributed by atoms with E-state index in [9.17, 15) is 5.11 Å².